The van der Waals surface area contributed by atoms with E-state index in [2.05, 4.69) is 10.1 Å². The molecule has 0 aliphatic carbocycles. The number of carboxylic acid groups (broad SMARTS) is 1. The number of benzene rings is 1. The van der Waals surface area contributed by atoms with Gasteiger partial charge in [0.15, 0.2) is 0 Å². The Labute approximate surface area is 136 Å². The van der Waals surface area contributed by atoms with Crippen LogP contribution in [0.25, 0.3) is 22.4 Å². The van der Waals surface area contributed by atoms with Crippen molar-refractivity contribution in [1.29, 1.82) is 0 Å². The molecule has 2 aromatic heterocycles. The van der Waals surface area contributed by atoms with Gasteiger partial charge in [0, 0.05) is 5.56 Å². The first-order valence-electron chi connectivity index (χ1n) is 7.33. The third kappa shape index (κ3) is 2.73. The number of hydrogen-bond acceptors (Lipinski definition) is 6. The van der Waals surface area contributed by atoms with Gasteiger partial charge in [-0.15, -0.1) is 0 Å². The standard InChI is InChI=1S/C16H15N3O5/c1-3-23-11-6-4-10(5-7-11)14-13-15(24-18-14)17-9(2)19(16(13)22)8-12(20)21/h4-7H,3,8H2,1-2H3,(H,20,21). The Balaban J connectivity index is 2.15. The van der Waals surface area contributed by atoms with Crippen molar-refractivity contribution in [3.05, 3.63) is 40.4 Å². The van der Waals surface area contributed by atoms with Gasteiger partial charge < -0.3 is 14.4 Å². The summed E-state index contributed by atoms with van der Waals surface area (Å²) in [7, 11) is 0. The van der Waals surface area contributed by atoms with Crippen LogP contribution in [0.15, 0.2) is 33.6 Å². The van der Waals surface area contributed by atoms with E-state index < -0.39 is 18.1 Å². The first-order chi connectivity index (χ1) is 11.5. The van der Waals surface area contributed by atoms with E-state index in [1.54, 1.807) is 31.2 Å². The third-order valence-corrected chi connectivity index (χ3v) is 3.52. The molecule has 0 unspecified atom stereocenters. The van der Waals surface area contributed by atoms with Crippen LogP contribution < -0.4 is 10.3 Å². The van der Waals surface area contributed by atoms with Gasteiger partial charge in [-0.1, -0.05) is 5.16 Å². The predicted octanol–water partition coefficient (Wildman–Crippen LogP) is 1.84. The molecule has 24 heavy (non-hydrogen) atoms. The van der Waals surface area contributed by atoms with Gasteiger partial charge in [0.05, 0.1) is 6.61 Å². The highest BCUT2D eigenvalue weighted by Crippen LogP contribution is 2.26. The van der Waals surface area contributed by atoms with Gasteiger partial charge in [-0.3, -0.25) is 14.2 Å². The van der Waals surface area contributed by atoms with Gasteiger partial charge in [-0.2, -0.15) is 4.98 Å². The normalized spacial score (nSPS) is 10.9. The van der Waals surface area contributed by atoms with Gasteiger partial charge in [0.25, 0.3) is 11.3 Å². The van der Waals surface area contributed by atoms with Crippen LogP contribution in [0.5, 0.6) is 5.75 Å². The van der Waals surface area contributed by atoms with Crippen LogP contribution >= 0.6 is 0 Å². The Bertz CT molecular complexity index is 956. The zero-order valence-electron chi connectivity index (χ0n) is 13.1. The molecule has 0 spiro atoms. The average Bonchev–Trinajstić information content (AvgIpc) is 2.96. The van der Waals surface area contributed by atoms with E-state index in [1.165, 1.54) is 0 Å². The van der Waals surface area contributed by atoms with E-state index >= 15 is 0 Å². The maximum Gasteiger partial charge on any atom is 0.323 e. The quantitative estimate of drug-likeness (QED) is 0.761. The molecule has 1 N–H and O–H groups in total. The number of fused-ring (bicyclic) bond motifs is 1. The molecular weight excluding hydrogens is 314 g/mol. The topological polar surface area (TPSA) is 107 Å². The van der Waals surface area contributed by atoms with Crippen LogP contribution in [0.2, 0.25) is 0 Å². The lowest BCUT2D eigenvalue weighted by atomic mass is 10.1. The maximum atomic E-state index is 12.6. The minimum absolute atomic E-state index is 0.0861. The number of carbonyl (C=O) groups is 1. The summed E-state index contributed by atoms with van der Waals surface area (Å²) in [5.74, 6) is -0.170. The average molecular weight is 329 g/mol. The van der Waals surface area contributed by atoms with Crippen LogP contribution in [0.1, 0.15) is 12.7 Å². The zero-order chi connectivity index (χ0) is 17.3. The van der Waals surface area contributed by atoms with Crippen LogP contribution in [0.4, 0.5) is 0 Å². The highest BCUT2D eigenvalue weighted by Gasteiger charge is 2.19. The minimum atomic E-state index is -1.12. The summed E-state index contributed by atoms with van der Waals surface area (Å²) in [5.41, 5.74) is 0.569. The molecule has 3 rings (SSSR count). The van der Waals surface area contributed by atoms with Crippen molar-refractivity contribution in [1.82, 2.24) is 14.7 Å². The summed E-state index contributed by atoms with van der Waals surface area (Å²) >= 11 is 0. The van der Waals surface area contributed by atoms with Crippen molar-refractivity contribution >= 4 is 17.1 Å². The highest BCUT2D eigenvalue weighted by molar-refractivity contribution is 5.89. The second-order valence-corrected chi connectivity index (χ2v) is 5.11. The van der Waals surface area contributed by atoms with E-state index in [1.807, 2.05) is 6.92 Å². The molecule has 0 bridgehead atoms. The van der Waals surface area contributed by atoms with E-state index in [9.17, 15) is 9.59 Å². The summed E-state index contributed by atoms with van der Waals surface area (Å²) in [6, 6.07) is 7.03. The van der Waals surface area contributed by atoms with Crippen LogP contribution in [0.3, 0.4) is 0 Å². The fourth-order valence-corrected chi connectivity index (χ4v) is 2.43. The van der Waals surface area contributed by atoms with Gasteiger partial charge in [-0.05, 0) is 38.1 Å². The van der Waals surface area contributed by atoms with Gasteiger partial charge in [-0.25, -0.2) is 0 Å². The molecule has 0 atom stereocenters. The molecule has 8 heteroatoms. The van der Waals surface area contributed by atoms with E-state index in [0.29, 0.717) is 23.6 Å². The van der Waals surface area contributed by atoms with Crippen LogP contribution in [-0.4, -0.2) is 32.4 Å². The summed E-state index contributed by atoms with van der Waals surface area (Å²) < 4.78 is 11.6. The molecule has 0 aliphatic heterocycles. The fourth-order valence-electron chi connectivity index (χ4n) is 2.43. The Morgan fingerprint density at radius 1 is 1.33 bits per heavy atom. The van der Waals surface area contributed by atoms with Crippen LogP contribution in [-0.2, 0) is 11.3 Å². The molecule has 0 saturated heterocycles. The van der Waals surface area contributed by atoms with E-state index in [4.69, 9.17) is 14.4 Å². The second kappa shape index (κ2) is 6.15. The number of carboxylic acids is 1. The molecule has 2 heterocycles. The number of ether oxygens (including phenoxy) is 1. The summed E-state index contributed by atoms with van der Waals surface area (Å²) in [6.45, 7) is 3.51. The Morgan fingerprint density at radius 2 is 2.04 bits per heavy atom. The zero-order valence-corrected chi connectivity index (χ0v) is 13.1. The fraction of sp³-hybridized carbons (Fsp3) is 0.250. The summed E-state index contributed by atoms with van der Waals surface area (Å²) in [4.78, 5) is 27.7. The number of aromatic nitrogens is 3. The molecule has 3 aromatic rings. The minimum Gasteiger partial charge on any atom is -0.494 e. The molecular formula is C16H15N3O5. The van der Waals surface area contributed by atoms with E-state index in [-0.39, 0.29) is 16.9 Å². The lowest BCUT2D eigenvalue weighted by Crippen LogP contribution is -2.27. The lowest BCUT2D eigenvalue weighted by molar-refractivity contribution is -0.137. The van der Waals surface area contributed by atoms with Gasteiger partial charge >= 0.3 is 5.97 Å². The molecule has 0 amide bonds. The Hall–Kier alpha value is -3.16. The summed E-state index contributed by atoms with van der Waals surface area (Å²) in [5, 5.41) is 13.0. The van der Waals surface area contributed by atoms with Crippen molar-refractivity contribution in [2.45, 2.75) is 20.4 Å². The number of rotatable bonds is 5. The van der Waals surface area contributed by atoms with Gasteiger partial charge in [0.1, 0.15) is 29.2 Å². The maximum absolute atomic E-state index is 12.6. The van der Waals surface area contributed by atoms with Crippen molar-refractivity contribution in [2.75, 3.05) is 6.61 Å². The summed E-state index contributed by atoms with van der Waals surface area (Å²) in [6.07, 6.45) is 0. The molecule has 0 aliphatic rings. The van der Waals surface area contributed by atoms with Crippen molar-refractivity contribution in [2.24, 2.45) is 0 Å². The largest absolute Gasteiger partial charge is 0.494 e. The third-order valence-electron chi connectivity index (χ3n) is 3.52. The second-order valence-electron chi connectivity index (χ2n) is 5.11. The number of hydrogen-bond donors (Lipinski definition) is 1. The Morgan fingerprint density at radius 3 is 2.67 bits per heavy atom. The predicted molar refractivity (Wildman–Crippen MR) is 85.0 cm³/mol. The highest BCUT2D eigenvalue weighted by atomic mass is 16.5. The Kier molecular flexibility index (Phi) is 4.03. The lowest BCUT2D eigenvalue weighted by Gasteiger charge is -2.06. The molecule has 8 nitrogen and oxygen atoms in total. The smallest absolute Gasteiger partial charge is 0.323 e. The molecule has 0 radical (unpaired) electrons. The van der Waals surface area contributed by atoms with Gasteiger partial charge in [0.2, 0.25) is 0 Å². The first kappa shape index (κ1) is 15.7. The monoisotopic (exact) mass is 329 g/mol. The molecule has 0 fully saturated rings. The number of aryl methyl sites for hydroxylation is 1. The first-order valence-corrected chi connectivity index (χ1v) is 7.33. The number of aliphatic carboxylic acids is 1. The number of nitrogens with zero attached hydrogens (tertiary/aromatic N) is 3. The van der Waals surface area contributed by atoms with Crippen LogP contribution in [0, 0.1) is 6.92 Å². The molecule has 124 valence electrons. The molecule has 0 saturated carbocycles. The van der Waals surface area contributed by atoms with Crippen molar-refractivity contribution < 1.29 is 19.2 Å². The van der Waals surface area contributed by atoms with Crippen molar-refractivity contribution in [3.8, 4) is 17.0 Å². The molecule has 1 aromatic carbocycles. The van der Waals surface area contributed by atoms with Crippen molar-refractivity contribution in [3.63, 3.8) is 0 Å². The SMILES string of the molecule is CCOc1ccc(-c2noc3nc(C)n(CC(=O)O)c(=O)c23)cc1. The van der Waals surface area contributed by atoms with E-state index in [0.717, 1.165) is 4.57 Å².